The predicted octanol–water partition coefficient (Wildman–Crippen LogP) is 6.44. The molecular formula is C31H32N2O9S2. The number of rotatable bonds is 14. The fraction of sp³-hybridized carbons (Fsp3) is 0.194. The summed E-state index contributed by atoms with van der Waals surface area (Å²) in [6, 6.07) is 22.8. The van der Waals surface area contributed by atoms with Crippen LogP contribution in [-0.4, -0.2) is 36.1 Å². The van der Waals surface area contributed by atoms with Crippen molar-refractivity contribution in [1.82, 2.24) is 0 Å². The van der Waals surface area contributed by atoms with E-state index in [-0.39, 0.29) is 32.7 Å². The number of carbonyl (C=O) groups is 1. The number of anilines is 2. The molecule has 0 bridgehead atoms. The minimum Gasteiger partial charge on any atom is -0.494 e. The molecule has 2 N–H and O–H groups in total. The topological polar surface area (TPSA) is 146 Å². The lowest BCUT2D eigenvalue weighted by Gasteiger charge is -2.12. The zero-order valence-electron chi connectivity index (χ0n) is 24.1. The number of amides is 2. The summed E-state index contributed by atoms with van der Waals surface area (Å²) in [5.41, 5.74) is 0.500. The third-order valence-electron chi connectivity index (χ3n) is 5.77. The molecule has 0 spiro atoms. The summed E-state index contributed by atoms with van der Waals surface area (Å²) in [5, 5.41) is 5.17. The molecule has 4 aromatic rings. The number of carbonyl (C=O) groups excluding carboxylic acids is 1. The van der Waals surface area contributed by atoms with Gasteiger partial charge >= 0.3 is 26.3 Å². The van der Waals surface area contributed by atoms with Crippen molar-refractivity contribution in [3.63, 3.8) is 0 Å². The highest BCUT2D eigenvalue weighted by Crippen LogP contribution is 2.26. The van der Waals surface area contributed by atoms with Crippen molar-refractivity contribution in [2.45, 2.75) is 36.5 Å². The van der Waals surface area contributed by atoms with Crippen molar-refractivity contribution in [3.05, 3.63) is 97.1 Å². The van der Waals surface area contributed by atoms with Gasteiger partial charge in [0.05, 0.1) is 13.2 Å². The zero-order valence-corrected chi connectivity index (χ0v) is 25.7. The monoisotopic (exact) mass is 640 g/mol. The first-order valence-electron chi connectivity index (χ1n) is 13.7. The first-order chi connectivity index (χ1) is 21.1. The number of nitrogens with one attached hydrogen (secondary N) is 2. The minimum absolute atomic E-state index is 0.0142. The van der Waals surface area contributed by atoms with Gasteiger partial charge in [0.25, 0.3) is 0 Å². The van der Waals surface area contributed by atoms with Gasteiger partial charge in [0, 0.05) is 23.5 Å². The number of benzene rings is 4. The van der Waals surface area contributed by atoms with Gasteiger partial charge in [0.1, 0.15) is 32.8 Å². The normalized spacial score (nSPS) is 11.3. The summed E-state index contributed by atoms with van der Waals surface area (Å²) >= 11 is 0. The van der Waals surface area contributed by atoms with Crippen molar-refractivity contribution in [1.29, 1.82) is 0 Å². The van der Waals surface area contributed by atoms with Gasteiger partial charge < -0.3 is 28.5 Å². The highest BCUT2D eigenvalue weighted by atomic mass is 32.2. The molecule has 0 radical (unpaired) electrons. The Balaban J connectivity index is 1.36. The van der Waals surface area contributed by atoms with E-state index in [0.717, 1.165) is 12.8 Å². The third kappa shape index (κ3) is 9.12. The highest BCUT2D eigenvalue weighted by Gasteiger charge is 2.19. The van der Waals surface area contributed by atoms with Crippen molar-refractivity contribution in [3.8, 4) is 23.0 Å². The smallest absolute Gasteiger partial charge is 0.339 e. The summed E-state index contributed by atoms with van der Waals surface area (Å²) in [4.78, 5) is 12.6. The van der Waals surface area contributed by atoms with Gasteiger partial charge in [-0.3, -0.25) is 0 Å². The van der Waals surface area contributed by atoms with E-state index in [0.29, 0.717) is 24.7 Å². The van der Waals surface area contributed by atoms with E-state index in [2.05, 4.69) is 10.6 Å². The summed E-state index contributed by atoms with van der Waals surface area (Å²) in [6.07, 6.45) is 1.64. The number of hydrogen-bond donors (Lipinski definition) is 2. The second-order valence-electron chi connectivity index (χ2n) is 9.35. The zero-order chi connectivity index (χ0) is 31.6. The molecule has 13 heteroatoms. The van der Waals surface area contributed by atoms with Gasteiger partial charge in [-0.15, -0.1) is 0 Å². The molecule has 44 heavy (non-hydrogen) atoms. The molecule has 0 aliphatic rings. The first kappa shape index (κ1) is 32.2. The van der Waals surface area contributed by atoms with Crippen LogP contribution in [0.5, 0.6) is 23.0 Å². The highest BCUT2D eigenvalue weighted by molar-refractivity contribution is 7.87. The third-order valence-corrected chi connectivity index (χ3v) is 8.29. The Kier molecular flexibility index (Phi) is 10.7. The summed E-state index contributed by atoms with van der Waals surface area (Å²) in [6.45, 7) is 4.96. The van der Waals surface area contributed by atoms with E-state index in [9.17, 15) is 21.6 Å². The molecule has 2 amide bonds. The Morgan fingerprint density at radius 2 is 0.955 bits per heavy atom. The molecule has 232 valence electrons. The summed E-state index contributed by atoms with van der Waals surface area (Å²) in [5.74, 6) is 1.06. The maximum atomic E-state index is 12.8. The van der Waals surface area contributed by atoms with Crippen molar-refractivity contribution < 1.29 is 39.5 Å². The van der Waals surface area contributed by atoms with Crippen LogP contribution >= 0.6 is 0 Å². The number of urea groups is 1. The lowest BCUT2D eigenvalue weighted by molar-refractivity contribution is 0.262. The van der Waals surface area contributed by atoms with Crippen LogP contribution in [-0.2, 0) is 20.2 Å². The van der Waals surface area contributed by atoms with Crippen LogP contribution in [0.15, 0.2) is 107 Å². The number of hydrogen-bond acceptors (Lipinski definition) is 9. The quantitative estimate of drug-likeness (QED) is 0.149. The van der Waals surface area contributed by atoms with Gasteiger partial charge in [-0.1, -0.05) is 26.0 Å². The Morgan fingerprint density at radius 3 is 1.32 bits per heavy atom. The largest absolute Gasteiger partial charge is 0.494 e. The molecule has 0 heterocycles. The van der Waals surface area contributed by atoms with Gasteiger partial charge in [-0.05, 0) is 85.6 Å². The van der Waals surface area contributed by atoms with E-state index in [1.165, 1.54) is 60.7 Å². The van der Waals surface area contributed by atoms with Crippen LogP contribution in [0.2, 0.25) is 0 Å². The van der Waals surface area contributed by atoms with Crippen molar-refractivity contribution in [2.75, 3.05) is 23.8 Å². The molecule has 0 aromatic heterocycles. The van der Waals surface area contributed by atoms with Crippen molar-refractivity contribution in [2.24, 2.45) is 0 Å². The van der Waals surface area contributed by atoms with E-state index < -0.39 is 26.3 Å². The van der Waals surface area contributed by atoms with Gasteiger partial charge in [-0.2, -0.15) is 16.8 Å². The fourth-order valence-electron chi connectivity index (χ4n) is 3.74. The lowest BCUT2D eigenvalue weighted by Crippen LogP contribution is -2.19. The maximum absolute atomic E-state index is 12.8. The Morgan fingerprint density at radius 1 is 0.568 bits per heavy atom. The van der Waals surface area contributed by atoms with Crippen LogP contribution < -0.4 is 28.5 Å². The molecule has 11 nitrogen and oxygen atoms in total. The average molecular weight is 641 g/mol. The molecule has 0 saturated heterocycles. The molecule has 4 aromatic carbocycles. The Labute approximate surface area is 257 Å². The van der Waals surface area contributed by atoms with Gasteiger partial charge in [0.15, 0.2) is 0 Å². The van der Waals surface area contributed by atoms with Crippen LogP contribution in [0.25, 0.3) is 0 Å². The molecule has 0 fully saturated rings. The van der Waals surface area contributed by atoms with Crippen LogP contribution in [0.1, 0.15) is 26.7 Å². The Hall–Kier alpha value is -4.75. The van der Waals surface area contributed by atoms with Gasteiger partial charge in [-0.25, -0.2) is 4.79 Å². The number of ether oxygens (including phenoxy) is 2. The lowest BCUT2D eigenvalue weighted by atomic mass is 10.3. The standard InChI is InChI=1S/C31H32N2O9S2/c1-3-19-39-25-11-15-29(16-12-25)43(35,36)41-27-9-5-7-23(21-27)32-31(34)33-24-8-6-10-28(22-24)42-44(37,38)30-17-13-26(14-18-30)40-20-4-2/h5-18,21-22H,3-4,19-20H2,1-2H3,(H2,32,33,34). The molecular weight excluding hydrogens is 608 g/mol. The van der Waals surface area contributed by atoms with E-state index >= 15 is 0 Å². The SMILES string of the molecule is CCCOc1ccc(S(=O)(=O)Oc2cccc(NC(=O)Nc3cccc(OS(=O)(=O)c4ccc(OCCC)cc4)c3)c2)cc1. The molecule has 0 atom stereocenters. The maximum Gasteiger partial charge on any atom is 0.339 e. The molecule has 4 rings (SSSR count). The summed E-state index contributed by atoms with van der Waals surface area (Å²) in [7, 11) is -8.29. The van der Waals surface area contributed by atoms with E-state index in [1.807, 2.05) is 13.8 Å². The summed E-state index contributed by atoms with van der Waals surface area (Å²) < 4.78 is 72.5. The second kappa shape index (κ2) is 14.6. The molecule has 0 unspecified atom stereocenters. The molecule has 0 aliphatic heterocycles. The van der Waals surface area contributed by atoms with Gasteiger partial charge in [0.2, 0.25) is 0 Å². The van der Waals surface area contributed by atoms with E-state index in [4.69, 9.17) is 17.8 Å². The van der Waals surface area contributed by atoms with Crippen LogP contribution in [0, 0.1) is 0 Å². The first-order valence-corrected chi connectivity index (χ1v) is 16.5. The van der Waals surface area contributed by atoms with Crippen LogP contribution in [0.4, 0.5) is 16.2 Å². The Bertz CT molecular complexity index is 1640. The molecule has 0 aliphatic carbocycles. The predicted molar refractivity (Wildman–Crippen MR) is 166 cm³/mol. The second-order valence-corrected chi connectivity index (χ2v) is 12.4. The molecule has 0 saturated carbocycles. The van der Waals surface area contributed by atoms with E-state index in [1.54, 1.807) is 36.4 Å². The fourth-order valence-corrected chi connectivity index (χ4v) is 5.58. The average Bonchev–Trinajstić information content (AvgIpc) is 2.99. The van der Waals surface area contributed by atoms with Crippen molar-refractivity contribution >= 4 is 37.6 Å². The minimum atomic E-state index is -4.14. The van der Waals surface area contributed by atoms with Crippen LogP contribution in [0.3, 0.4) is 0 Å².